The van der Waals surface area contributed by atoms with Crippen LogP contribution in [0.25, 0.3) is 10.9 Å². The number of carbonyl (C=O) groups excluding carboxylic acids is 2. The molecule has 4 atom stereocenters. The molecule has 4 aliphatic heterocycles. The van der Waals surface area contributed by atoms with Crippen LogP contribution in [-0.2, 0) is 26.5 Å². The number of aromatic nitrogens is 1. The largest absolute Gasteiger partial charge is 0.373 e. The van der Waals surface area contributed by atoms with E-state index in [4.69, 9.17) is 14.3 Å². The lowest BCUT2D eigenvalue weighted by Crippen LogP contribution is -2.53. The molecule has 0 unspecified atom stereocenters. The van der Waals surface area contributed by atoms with Crippen LogP contribution in [0.3, 0.4) is 0 Å². The first kappa shape index (κ1) is 21.0. The van der Waals surface area contributed by atoms with E-state index in [-0.39, 0.29) is 23.4 Å². The Morgan fingerprint density at radius 1 is 1.06 bits per heavy atom. The lowest BCUT2D eigenvalue weighted by Gasteiger charge is -2.53. The van der Waals surface area contributed by atoms with Crippen molar-refractivity contribution in [2.75, 3.05) is 6.54 Å². The summed E-state index contributed by atoms with van der Waals surface area (Å²) in [6.45, 7) is 5.70. The van der Waals surface area contributed by atoms with E-state index >= 15 is 0 Å². The zero-order valence-corrected chi connectivity index (χ0v) is 19.4. The highest BCUT2D eigenvalue weighted by Crippen LogP contribution is 2.67. The van der Waals surface area contributed by atoms with E-state index in [1.807, 2.05) is 18.2 Å². The molecule has 4 aliphatic rings. The van der Waals surface area contributed by atoms with E-state index in [1.54, 1.807) is 0 Å². The number of hydrogen-bond acceptors (Lipinski definition) is 4. The third-order valence-electron chi connectivity index (χ3n) is 8.17. The summed E-state index contributed by atoms with van der Waals surface area (Å²) in [5, 5.41) is 1.41. The second-order valence-electron chi connectivity index (χ2n) is 9.83. The molecule has 0 amide bonds. The summed E-state index contributed by atoms with van der Waals surface area (Å²) >= 11 is 0. The van der Waals surface area contributed by atoms with Gasteiger partial charge in [0.05, 0.1) is 11.6 Å². The lowest BCUT2D eigenvalue weighted by molar-refractivity contribution is -0.191. The summed E-state index contributed by atoms with van der Waals surface area (Å²) in [6.07, 6.45) is 5.83. The molecule has 1 saturated heterocycles. The van der Waals surface area contributed by atoms with E-state index in [0.29, 0.717) is 6.04 Å². The van der Waals surface area contributed by atoms with Crippen LogP contribution in [0.15, 0.2) is 66.4 Å². The van der Waals surface area contributed by atoms with Gasteiger partial charge in [0.2, 0.25) is 0 Å². The molecular formula is C29H26N2O3. The molecular weight excluding hydrogens is 424 g/mol. The van der Waals surface area contributed by atoms with Gasteiger partial charge < -0.3 is 14.2 Å². The molecule has 7 rings (SSSR count). The van der Waals surface area contributed by atoms with E-state index < -0.39 is 0 Å². The Bertz CT molecular complexity index is 1420. The molecule has 0 radical (unpaired) electrons. The molecule has 2 bridgehead atoms. The number of benzene rings is 2. The summed E-state index contributed by atoms with van der Waals surface area (Å²) < 4.78 is 9.57. The monoisotopic (exact) mass is 450 g/mol. The van der Waals surface area contributed by atoms with Crippen LogP contribution in [-0.4, -0.2) is 28.3 Å². The van der Waals surface area contributed by atoms with Crippen LogP contribution < -0.4 is 0 Å². The minimum Gasteiger partial charge on any atom is -0.367 e. The van der Waals surface area contributed by atoms with Crippen LogP contribution in [0.1, 0.15) is 49.6 Å². The van der Waals surface area contributed by atoms with Crippen LogP contribution in [0.2, 0.25) is 0 Å². The Hall–Kier alpha value is -3.58. The van der Waals surface area contributed by atoms with Gasteiger partial charge in [0.25, 0.3) is 0 Å². The molecule has 34 heavy (non-hydrogen) atoms. The Kier molecular flexibility index (Phi) is 4.61. The maximum Gasteiger partial charge on any atom is 0.373 e. The van der Waals surface area contributed by atoms with E-state index in [1.165, 1.54) is 22.2 Å². The van der Waals surface area contributed by atoms with Gasteiger partial charge in [0.1, 0.15) is 11.8 Å². The van der Waals surface area contributed by atoms with Crippen molar-refractivity contribution in [2.24, 2.45) is 5.41 Å². The number of para-hydroxylation sites is 1. The highest BCUT2D eigenvalue weighted by atomic mass is 16.5. The topological polar surface area (TPSA) is 51.5 Å². The molecule has 5 heterocycles. The van der Waals surface area contributed by atoms with Crippen LogP contribution >= 0.6 is 0 Å². The van der Waals surface area contributed by atoms with Gasteiger partial charge >= 0.3 is 6.15 Å². The standard InChI is InChI=1S/C28H26N2O.CO2/c1-3-28-18-27(2)30-23-12-8-7-11-21(23)22-15-16-29(25(28)24(22)30)17-20(26(28)31-27)14-13-19-9-5-4-6-10-19;2-1-3/h4-12,17,25-26H,3,15-16,18H2,1-2H3;/t25-,26-,27-,28+;/m1./s1. The molecule has 0 N–H and O–H groups in total. The zero-order chi connectivity index (χ0) is 23.5. The fourth-order valence-corrected chi connectivity index (χ4v) is 7.03. The molecule has 5 heteroatoms. The van der Waals surface area contributed by atoms with Gasteiger partial charge in [-0.25, -0.2) is 0 Å². The SMILES string of the molecule is CC[C@@]12C[C@@]3(C)O[C@@H]1C(C#Cc1ccccc1)=CN1CCc4c(n3c3ccccc43)[C@@H]12.O=C=O. The zero-order valence-electron chi connectivity index (χ0n) is 19.4. The van der Waals surface area contributed by atoms with Crippen molar-refractivity contribution >= 4 is 17.1 Å². The third kappa shape index (κ3) is 2.67. The molecule has 3 aromatic rings. The Balaban J connectivity index is 0.000000691. The van der Waals surface area contributed by atoms with Crippen molar-refractivity contribution in [3.8, 4) is 11.8 Å². The molecule has 2 aromatic carbocycles. The van der Waals surface area contributed by atoms with Crippen LogP contribution in [0.5, 0.6) is 0 Å². The average Bonchev–Trinajstić information content (AvgIpc) is 3.35. The van der Waals surface area contributed by atoms with Gasteiger partial charge in [-0.3, -0.25) is 0 Å². The van der Waals surface area contributed by atoms with Crippen molar-refractivity contribution in [1.82, 2.24) is 9.47 Å². The number of ether oxygens (including phenoxy) is 1. The summed E-state index contributed by atoms with van der Waals surface area (Å²) in [4.78, 5) is 18.8. The summed E-state index contributed by atoms with van der Waals surface area (Å²) in [5.41, 5.74) is 6.31. The number of nitrogens with zero attached hydrogens (tertiary/aromatic N) is 2. The van der Waals surface area contributed by atoms with Gasteiger partial charge in [-0.1, -0.05) is 55.2 Å². The molecule has 1 aromatic heterocycles. The second-order valence-corrected chi connectivity index (χ2v) is 9.83. The molecule has 170 valence electrons. The maximum absolute atomic E-state index is 8.12. The van der Waals surface area contributed by atoms with Crippen molar-refractivity contribution < 1.29 is 14.3 Å². The normalized spacial score (nSPS) is 29.4. The van der Waals surface area contributed by atoms with Gasteiger partial charge in [0, 0.05) is 46.8 Å². The predicted molar refractivity (Wildman–Crippen MR) is 127 cm³/mol. The van der Waals surface area contributed by atoms with Gasteiger partial charge in [0.15, 0.2) is 0 Å². The van der Waals surface area contributed by atoms with Crippen molar-refractivity contribution in [3.63, 3.8) is 0 Å². The fraction of sp³-hybridized carbons (Fsp3) is 0.345. The van der Waals surface area contributed by atoms with Crippen molar-refractivity contribution in [3.05, 3.63) is 83.2 Å². The maximum atomic E-state index is 8.12. The Morgan fingerprint density at radius 3 is 2.56 bits per heavy atom. The highest BCUT2D eigenvalue weighted by Gasteiger charge is 2.67. The molecule has 0 saturated carbocycles. The minimum absolute atomic E-state index is 0.0459. The van der Waals surface area contributed by atoms with Gasteiger partial charge in [-0.15, -0.1) is 0 Å². The van der Waals surface area contributed by atoms with Gasteiger partial charge in [-0.2, -0.15) is 9.59 Å². The predicted octanol–water partition coefficient (Wildman–Crippen LogP) is 4.78. The average molecular weight is 451 g/mol. The number of fused-ring (bicyclic) bond motifs is 5. The fourth-order valence-electron chi connectivity index (χ4n) is 7.03. The van der Waals surface area contributed by atoms with Crippen molar-refractivity contribution in [1.29, 1.82) is 0 Å². The number of hydrogen-bond donors (Lipinski definition) is 0. The van der Waals surface area contributed by atoms with Crippen molar-refractivity contribution in [2.45, 2.75) is 51.0 Å². The summed E-state index contributed by atoms with van der Waals surface area (Å²) in [7, 11) is 0. The first-order valence-corrected chi connectivity index (χ1v) is 11.9. The number of rotatable bonds is 1. The Morgan fingerprint density at radius 2 is 1.79 bits per heavy atom. The minimum atomic E-state index is -0.328. The Labute approximate surface area is 199 Å². The molecule has 5 nitrogen and oxygen atoms in total. The van der Waals surface area contributed by atoms with Crippen LogP contribution in [0.4, 0.5) is 0 Å². The second kappa shape index (κ2) is 7.46. The summed E-state index contributed by atoms with van der Waals surface area (Å²) in [6, 6.07) is 19.6. The van der Waals surface area contributed by atoms with Gasteiger partial charge in [-0.05, 0) is 43.5 Å². The first-order valence-electron chi connectivity index (χ1n) is 11.9. The summed E-state index contributed by atoms with van der Waals surface area (Å²) in [5.74, 6) is 6.93. The molecule has 1 fully saturated rings. The highest BCUT2D eigenvalue weighted by molar-refractivity contribution is 5.87. The van der Waals surface area contributed by atoms with E-state index in [0.717, 1.165) is 36.9 Å². The quantitative estimate of drug-likeness (QED) is 0.501. The molecule has 0 spiro atoms. The van der Waals surface area contributed by atoms with E-state index in [9.17, 15) is 0 Å². The first-order chi connectivity index (χ1) is 16.6. The van der Waals surface area contributed by atoms with Crippen LogP contribution in [0, 0.1) is 17.3 Å². The third-order valence-corrected chi connectivity index (χ3v) is 8.17. The lowest BCUT2D eigenvalue weighted by atomic mass is 9.63. The molecule has 0 aliphatic carbocycles. The smallest absolute Gasteiger partial charge is 0.367 e. The van der Waals surface area contributed by atoms with E-state index in [2.05, 4.69) is 77.8 Å².